The van der Waals surface area contributed by atoms with E-state index in [1.54, 1.807) is 0 Å². The van der Waals surface area contributed by atoms with E-state index in [1.165, 1.54) is 12.8 Å². The van der Waals surface area contributed by atoms with Gasteiger partial charge in [-0.3, -0.25) is 9.59 Å². The highest BCUT2D eigenvalue weighted by atomic mass is 16.4. The first-order valence-corrected chi connectivity index (χ1v) is 7.62. The summed E-state index contributed by atoms with van der Waals surface area (Å²) in [6, 6.07) is 0. The van der Waals surface area contributed by atoms with Gasteiger partial charge in [0.05, 0.1) is 5.41 Å². The SMILES string of the molecule is O=C(CC1(C(=O)O)CCCCCC1)NCCC1CC1. The molecule has 0 spiro atoms. The van der Waals surface area contributed by atoms with Crippen LogP contribution in [-0.4, -0.2) is 23.5 Å². The molecule has 2 rings (SSSR count). The van der Waals surface area contributed by atoms with Crippen LogP contribution in [-0.2, 0) is 9.59 Å². The molecule has 4 heteroatoms. The molecule has 0 aromatic heterocycles. The summed E-state index contributed by atoms with van der Waals surface area (Å²) in [4.78, 5) is 23.5. The monoisotopic (exact) mass is 267 g/mol. The summed E-state index contributed by atoms with van der Waals surface area (Å²) in [5, 5.41) is 12.4. The predicted molar refractivity (Wildman–Crippen MR) is 72.7 cm³/mol. The molecule has 0 aromatic carbocycles. The maximum Gasteiger partial charge on any atom is 0.310 e. The van der Waals surface area contributed by atoms with Gasteiger partial charge in [0.25, 0.3) is 0 Å². The maximum atomic E-state index is 12.0. The summed E-state index contributed by atoms with van der Waals surface area (Å²) in [5.41, 5.74) is -0.805. The minimum atomic E-state index is -0.805. The zero-order chi connectivity index (χ0) is 13.7. The van der Waals surface area contributed by atoms with E-state index in [-0.39, 0.29) is 12.3 Å². The fourth-order valence-electron chi connectivity index (χ4n) is 3.06. The molecule has 0 bridgehead atoms. The van der Waals surface area contributed by atoms with Crippen LogP contribution < -0.4 is 5.32 Å². The Morgan fingerprint density at radius 1 is 1.11 bits per heavy atom. The average molecular weight is 267 g/mol. The average Bonchev–Trinajstić information content (AvgIpc) is 3.16. The van der Waals surface area contributed by atoms with Crippen LogP contribution in [0.25, 0.3) is 0 Å². The number of carbonyl (C=O) groups is 2. The third kappa shape index (κ3) is 4.22. The second-order valence-electron chi connectivity index (χ2n) is 6.26. The predicted octanol–water partition coefficient (Wildman–Crippen LogP) is 2.72. The summed E-state index contributed by atoms with van der Waals surface area (Å²) >= 11 is 0. The number of carbonyl (C=O) groups excluding carboxylic acids is 1. The Morgan fingerprint density at radius 3 is 2.26 bits per heavy atom. The van der Waals surface area contributed by atoms with Gasteiger partial charge in [0.2, 0.25) is 5.91 Å². The first kappa shape index (κ1) is 14.4. The van der Waals surface area contributed by atoms with Crippen molar-refractivity contribution in [2.45, 2.75) is 64.2 Å². The van der Waals surface area contributed by atoms with Gasteiger partial charge in [0.1, 0.15) is 0 Å². The lowest BCUT2D eigenvalue weighted by Crippen LogP contribution is -2.37. The third-order valence-corrected chi connectivity index (χ3v) is 4.58. The Bertz CT molecular complexity index is 328. The number of carboxylic acid groups (broad SMARTS) is 1. The van der Waals surface area contributed by atoms with Crippen molar-refractivity contribution in [3.8, 4) is 0 Å². The molecule has 0 aromatic rings. The van der Waals surface area contributed by atoms with Crippen molar-refractivity contribution in [1.82, 2.24) is 5.32 Å². The number of amides is 1. The maximum absolute atomic E-state index is 12.0. The molecule has 2 aliphatic rings. The smallest absolute Gasteiger partial charge is 0.310 e. The standard InChI is InChI=1S/C15H25NO3/c17-13(16-10-7-12-5-6-12)11-15(14(18)19)8-3-1-2-4-9-15/h12H,1-11H2,(H,16,17)(H,18,19). The third-order valence-electron chi connectivity index (χ3n) is 4.58. The van der Waals surface area contributed by atoms with Gasteiger partial charge >= 0.3 is 5.97 Å². The van der Waals surface area contributed by atoms with Crippen LogP contribution in [0.3, 0.4) is 0 Å². The van der Waals surface area contributed by atoms with Crippen molar-refractivity contribution >= 4 is 11.9 Å². The Labute approximate surface area is 115 Å². The summed E-state index contributed by atoms with van der Waals surface area (Å²) in [6.45, 7) is 0.708. The van der Waals surface area contributed by atoms with Gasteiger partial charge in [-0.05, 0) is 25.2 Å². The van der Waals surface area contributed by atoms with E-state index < -0.39 is 11.4 Å². The van der Waals surface area contributed by atoms with Crippen molar-refractivity contribution in [3.63, 3.8) is 0 Å². The minimum Gasteiger partial charge on any atom is -0.481 e. The fraction of sp³-hybridized carbons (Fsp3) is 0.867. The first-order valence-electron chi connectivity index (χ1n) is 7.62. The number of carboxylic acids is 1. The number of hydrogen-bond acceptors (Lipinski definition) is 2. The van der Waals surface area contributed by atoms with Crippen LogP contribution >= 0.6 is 0 Å². The second kappa shape index (κ2) is 6.40. The molecule has 2 saturated carbocycles. The van der Waals surface area contributed by atoms with Crippen LogP contribution in [0.5, 0.6) is 0 Å². The van der Waals surface area contributed by atoms with Gasteiger partial charge in [-0.1, -0.05) is 38.5 Å². The van der Waals surface area contributed by atoms with E-state index in [2.05, 4.69) is 5.32 Å². The van der Waals surface area contributed by atoms with Crippen molar-refractivity contribution in [1.29, 1.82) is 0 Å². The van der Waals surface area contributed by atoms with Gasteiger partial charge in [-0.25, -0.2) is 0 Å². The van der Waals surface area contributed by atoms with Crippen LogP contribution in [0.15, 0.2) is 0 Å². The topological polar surface area (TPSA) is 66.4 Å². The molecule has 19 heavy (non-hydrogen) atoms. The lowest BCUT2D eigenvalue weighted by atomic mass is 9.77. The molecule has 2 N–H and O–H groups in total. The number of rotatable bonds is 6. The van der Waals surface area contributed by atoms with Crippen molar-refractivity contribution in [2.24, 2.45) is 11.3 Å². The van der Waals surface area contributed by atoms with Crippen molar-refractivity contribution < 1.29 is 14.7 Å². The Hall–Kier alpha value is -1.06. The summed E-state index contributed by atoms with van der Waals surface area (Å²) < 4.78 is 0. The molecule has 0 radical (unpaired) electrons. The zero-order valence-corrected chi connectivity index (χ0v) is 11.6. The Morgan fingerprint density at radius 2 is 1.74 bits per heavy atom. The quantitative estimate of drug-likeness (QED) is 0.727. The molecule has 0 heterocycles. The normalized spacial score (nSPS) is 22.5. The lowest BCUT2D eigenvalue weighted by Gasteiger charge is -2.27. The van der Waals surface area contributed by atoms with Crippen molar-refractivity contribution in [3.05, 3.63) is 0 Å². The Balaban J connectivity index is 1.83. The molecule has 108 valence electrons. The van der Waals surface area contributed by atoms with Crippen LogP contribution in [0.1, 0.15) is 64.2 Å². The molecular formula is C15H25NO3. The van der Waals surface area contributed by atoms with E-state index in [0.717, 1.165) is 38.0 Å². The van der Waals surface area contributed by atoms with Gasteiger partial charge in [-0.2, -0.15) is 0 Å². The molecule has 2 fully saturated rings. The highest BCUT2D eigenvalue weighted by Gasteiger charge is 2.40. The molecular weight excluding hydrogens is 242 g/mol. The van der Waals surface area contributed by atoms with Gasteiger partial charge in [0, 0.05) is 13.0 Å². The van der Waals surface area contributed by atoms with E-state index >= 15 is 0 Å². The van der Waals surface area contributed by atoms with Gasteiger partial charge in [0.15, 0.2) is 0 Å². The summed E-state index contributed by atoms with van der Waals surface area (Å²) in [6.07, 6.45) is 9.14. The van der Waals surface area contributed by atoms with Crippen LogP contribution in [0.2, 0.25) is 0 Å². The van der Waals surface area contributed by atoms with Crippen LogP contribution in [0, 0.1) is 11.3 Å². The zero-order valence-electron chi connectivity index (χ0n) is 11.6. The summed E-state index contributed by atoms with van der Waals surface area (Å²) in [5.74, 6) is -0.0664. The second-order valence-corrected chi connectivity index (χ2v) is 6.26. The van der Waals surface area contributed by atoms with E-state index in [4.69, 9.17) is 0 Å². The lowest BCUT2D eigenvalue weighted by molar-refractivity contribution is -0.152. The van der Waals surface area contributed by atoms with Gasteiger partial charge < -0.3 is 10.4 Å². The van der Waals surface area contributed by atoms with E-state index in [1.807, 2.05) is 0 Å². The number of nitrogens with one attached hydrogen (secondary N) is 1. The van der Waals surface area contributed by atoms with Crippen molar-refractivity contribution in [2.75, 3.05) is 6.54 Å². The molecule has 1 amide bonds. The first-order chi connectivity index (χ1) is 9.12. The Kier molecular flexibility index (Phi) is 4.83. The molecule has 4 nitrogen and oxygen atoms in total. The highest BCUT2D eigenvalue weighted by molar-refractivity contribution is 5.85. The molecule has 2 aliphatic carbocycles. The number of aliphatic carboxylic acids is 1. The summed E-state index contributed by atoms with van der Waals surface area (Å²) in [7, 11) is 0. The van der Waals surface area contributed by atoms with E-state index in [9.17, 15) is 14.7 Å². The van der Waals surface area contributed by atoms with Gasteiger partial charge in [-0.15, -0.1) is 0 Å². The molecule has 0 saturated heterocycles. The van der Waals surface area contributed by atoms with E-state index in [0.29, 0.717) is 19.4 Å². The largest absolute Gasteiger partial charge is 0.481 e. The number of hydrogen-bond donors (Lipinski definition) is 2. The van der Waals surface area contributed by atoms with Crippen LogP contribution in [0.4, 0.5) is 0 Å². The highest BCUT2D eigenvalue weighted by Crippen LogP contribution is 2.38. The minimum absolute atomic E-state index is 0.0787. The molecule has 0 atom stereocenters. The fourth-order valence-corrected chi connectivity index (χ4v) is 3.06. The molecule has 0 unspecified atom stereocenters. The molecule has 0 aliphatic heterocycles.